The molecule has 0 aliphatic rings. The number of halogens is 2. The van der Waals surface area contributed by atoms with Gasteiger partial charge in [0.2, 0.25) is 0 Å². The average molecular weight is 599 g/mol. The van der Waals surface area contributed by atoms with E-state index in [2.05, 4.69) is 47.7 Å². The van der Waals surface area contributed by atoms with E-state index in [4.69, 9.17) is 9.15 Å². The van der Waals surface area contributed by atoms with Crippen LogP contribution in [0.15, 0.2) is 79.1 Å². The monoisotopic (exact) mass is 597 g/mol. The molecular formula is C26H21Br2N3O4. The fraction of sp³-hybridized carbons (Fsp3) is 0.115. The maximum atomic E-state index is 12.4. The number of ether oxygens (including phenoxy) is 1. The molecule has 2 amide bonds. The van der Waals surface area contributed by atoms with Crippen molar-refractivity contribution in [3.05, 3.63) is 92.1 Å². The molecule has 2 N–H and O–H groups in total. The highest BCUT2D eigenvalue weighted by molar-refractivity contribution is 9.11. The van der Waals surface area contributed by atoms with Crippen molar-refractivity contribution in [3.63, 3.8) is 0 Å². The summed E-state index contributed by atoms with van der Waals surface area (Å²) in [4.78, 5) is 24.6. The van der Waals surface area contributed by atoms with E-state index in [1.807, 2.05) is 44.2 Å². The van der Waals surface area contributed by atoms with E-state index in [0.29, 0.717) is 16.9 Å². The van der Waals surface area contributed by atoms with Gasteiger partial charge < -0.3 is 14.5 Å². The molecule has 1 aromatic heterocycles. The molecule has 0 saturated carbocycles. The van der Waals surface area contributed by atoms with E-state index in [9.17, 15) is 9.59 Å². The number of benzene rings is 3. The molecule has 0 aliphatic carbocycles. The van der Waals surface area contributed by atoms with Gasteiger partial charge in [0.25, 0.3) is 5.91 Å². The Morgan fingerprint density at radius 1 is 1.03 bits per heavy atom. The zero-order valence-corrected chi connectivity index (χ0v) is 22.1. The number of amides is 2. The van der Waals surface area contributed by atoms with Crippen LogP contribution in [0.2, 0.25) is 0 Å². The van der Waals surface area contributed by atoms with Crippen molar-refractivity contribution in [3.8, 4) is 5.75 Å². The van der Waals surface area contributed by atoms with Gasteiger partial charge in [0, 0.05) is 15.5 Å². The predicted molar refractivity (Wildman–Crippen MR) is 143 cm³/mol. The number of rotatable bonds is 7. The Morgan fingerprint density at radius 3 is 2.66 bits per heavy atom. The van der Waals surface area contributed by atoms with Gasteiger partial charge in [0.15, 0.2) is 12.4 Å². The second-order valence-corrected chi connectivity index (χ2v) is 9.59. The van der Waals surface area contributed by atoms with Crippen LogP contribution < -0.4 is 15.5 Å². The van der Waals surface area contributed by atoms with E-state index >= 15 is 0 Å². The lowest BCUT2D eigenvalue weighted by molar-refractivity contribution is -0.118. The first kappa shape index (κ1) is 24.7. The molecule has 35 heavy (non-hydrogen) atoms. The first-order valence-corrected chi connectivity index (χ1v) is 12.2. The molecule has 3 aromatic carbocycles. The highest BCUT2D eigenvalue weighted by Crippen LogP contribution is 2.31. The quantitative estimate of drug-likeness (QED) is 0.191. The summed E-state index contributed by atoms with van der Waals surface area (Å²) in [7, 11) is 0. The minimum Gasteiger partial charge on any atom is -0.484 e. The number of nitrogens with one attached hydrogen (secondary N) is 2. The first-order chi connectivity index (χ1) is 16.8. The van der Waals surface area contributed by atoms with Crippen LogP contribution in [0.5, 0.6) is 5.75 Å². The lowest BCUT2D eigenvalue weighted by Gasteiger charge is -2.09. The molecule has 0 radical (unpaired) electrons. The smallest absolute Gasteiger partial charge is 0.307 e. The van der Waals surface area contributed by atoms with Crippen molar-refractivity contribution in [2.75, 3.05) is 11.9 Å². The maximum Gasteiger partial charge on any atom is 0.307 e. The molecule has 0 unspecified atom stereocenters. The topological polar surface area (TPSA) is 92.9 Å². The third-order valence-corrected chi connectivity index (χ3v) is 6.20. The van der Waals surface area contributed by atoms with Crippen LogP contribution in [-0.2, 0) is 4.79 Å². The van der Waals surface area contributed by atoms with Crippen molar-refractivity contribution >= 4 is 66.5 Å². The Kier molecular flexibility index (Phi) is 7.67. The van der Waals surface area contributed by atoms with Gasteiger partial charge in [0.1, 0.15) is 11.3 Å². The second-order valence-electron chi connectivity index (χ2n) is 7.82. The summed E-state index contributed by atoms with van der Waals surface area (Å²) in [5.41, 5.74) is 6.70. The fourth-order valence-corrected chi connectivity index (χ4v) is 4.60. The average Bonchev–Trinajstić information content (AvgIpc) is 3.25. The molecule has 0 saturated heterocycles. The molecular weight excluding hydrogens is 578 g/mol. The molecule has 1 heterocycles. The molecule has 4 rings (SSSR count). The molecule has 0 spiro atoms. The Morgan fingerprint density at radius 2 is 1.86 bits per heavy atom. The van der Waals surface area contributed by atoms with Crippen molar-refractivity contribution in [2.45, 2.75) is 13.8 Å². The minimum absolute atomic E-state index is 0.137. The van der Waals surface area contributed by atoms with Gasteiger partial charge in [0.05, 0.1) is 10.7 Å². The number of hydrazone groups is 1. The Hall–Kier alpha value is -3.43. The maximum absolute atomic E-state index is 12.4. The highest BCUT2D eigenvalue weighted by Gasteiger charge is 2.14. The second kappa shape index (κ2) is 10.9. The molecule has 4 aromatic rings. The van der Waals surface area contributed by atoms with Crippen LogP contribution >= 0.6 is 31.9 Å². The summed E-state index contributed by atoms with van der Waals surface area (Å²) < 4.78 is 12.8. The van der Waals surface area contributed by atoms with Gasteiger partial charge in [-0.25, -0.2) is 5.43 Å². The van der Waals surface area contributed by atoms with Gasteiger partial charge in [-0.1, -0.05) is 34.1 Å². The van der Waals surface area contributed by atoms with Gasteiger partial charge >= 0.3 is 5.91 Å². The van der Waals surface area contributed by atoms with Crippen LogP contribution in [0, 0.1) is 13.8 Å². The lowest BCUT2D eigenvalue weighted by atomic mass is 10.1. The molecule has 178 valence electrons. The van der Waals surface area contributed by atoms with Crippen molar-refractivity contribution in [2.24, 2.45) is 5.10 Å². The zero-order valence-electron chi connectivity index (χ0n) is 18.9. The normalized spacial score (nSPS) is 11.1. The summed E-state index contributed by atoms with van der Waals surface area (Å²) in [5, 5.41) is 7.60. The molecule has 9 heteroatoms. The van der Waals surface area contributed by atoms with Crippen molar-refractivity contribution < 1.29 is 18.7 Å². The molecule has 0 atom stereocenters. The minimum atomic E-state index is -0.476. The van der Waals surface area contributed by atoms with Crippen LogP contribution in [0.4, 0.5) is 5.69 Å². The van der Waals surface area contributed by atoms with E-state index in [1.54, 1.807) is 30.3 Å². The summed E-state index contributed by atoms with van der Waals surface area (Å²) in [6.07, 6.45) is 1.48. The largest absolute Gasteiger partial charge is 0.484 e. The van der Waals surface area contributed by atoms with E-state index in [0.717, 1.165) is 31.1 Å². The van der Waals surface area contributed by atoms with Gasteiger partial charge in [-0.3, -0.25) is 9.59 Å². The number of hydrogen-bond donors (Lipinski definition) is 2. The number of nitrogens with zero attached hydrogens (tertiary/aromatic N) is 1. The standard InChI is InChI=1S/C26H21Br2N3O4/c1-15-6-7-20(8-16(15)2)30-24(32)14-34-21-5-3-4-17(9-21)13-29-31-26(33)23-11-18-10-19(27)12-22(28)25(18)35-23/h3-13H,14H2,1-2H3,(H,30,32)(H,31,33)/b29-13-. The third-order valence-electron chi connectivity index (χ3n) is 5.16. The number of carbonyl (C=O) groups is 2. The predicted octanol–water partition coefficient (Wildman–Crippen LogP) is 6.36. The van der Waals surface area contributed by atoms with Gasteiger partial charge in [-0.2, -0.15) is 5.10 Å². The van der Waals surface area contributed by atoms with Crippen LogP contribution in [-0.4, -0.2) is 24.6 Å². The Bertz CT molecular complexity index is 1450. The van der Waals surface area contributed by atoms with Gasteiger partial charge in [-0.15, -0.1) is 0 Å². The highest BCUT2D eigenvalue weighted by atomic mass is 79.9. The fourth-order valence-electron chi connectivity index (χ4n) is 3.26. The SMILES string of the molecule is Cc1ccc(NC(=O)COc2cccc(/C=N\NC(=O)c3cc4cc(Br)cc(Br)c4o3)c2)cc1C. The Balaban J connectivity index is 1.32. The van der Waals surface area contributed by atoms with Crippen LogP contribution in [0.1, 0.15) is 27.2 Å². The van der Waals surface area contributed by atoms with Crippen LogP contribution in [0.25, 0.3) is 11.0 Å². The Labute approximate surface area is 218 Å². The van der Waals surface area contributed by atoms with Gasteiger partial charge in [-0.05, 0) is 88.9 Å². The number of fused-ring (bicyclic) bond motifs is 1. The van der Waals surface area contributed by atoms with Crippen molar-refractivity contribution in [1.29, 1.82) is 0 Å². The summed E-state index contributed by atoms with van der Waals surface area (Å²) >= 11 is 6.83. The number of aryl methyl sites for hydroxylation is 2. The van der Waals surface area contributed by atoms with E-state index in [-0.39, 0.29) is 18.3 Å². The van der Waals surface area contributed by atoms with E-state index in [1.165, 1.54) is 6.21 Å². The number of anilines is 1. The van der Waals surface area contributed by atoms with E-state index < -0.39 is 5.91 Å². The lowest BCUT2D eigenvalue weighted by Crippen LogP contribution is -2.20. The third kappa shape index (κ3) is 6.37. The first-order valence-electron chi connectivity index (χ1n) is 10.6. The molecule has 7 nitrogen and oxygen atoms in total. The van der Waals surface area contributed by atoms with Crippen LogP contribution in [0.3, 0.4) is 0 Å². The molecule has 0 fully saturated rings. The molecule has 0 aliphatic heterocycles. The number of furan rings is 1. The summed E-state index contributed by atoms with van der Waals surface area (Å²) in [5.74, 6) is -0.0916. The number of carbonyl (C=O) groups excluding carboxylic acids is 2. The molecule has 0 bridgehead atoms. The van der Waals surface area contributed by atoms with Crippen molar-refractivity contribution in [1.82, 2.24) is 5.43 Å². The summed E-state index contributed by atoms with van der Waals surface area (Å²) in [6, 6.07) is 18.1. The summed E-state index contributed by atoms with van der Waals surface area (Å²) in [6.45, 7) is 3.87. The zero-order chi connectivity index (χ0) is 24.9. The number of hydrogen-bond acceptors (Lipinski definition) is 5.